The molecule has 0 radical (unpaired) electrons. The number of hydrogen-bond donors (Lipinski definition) is 1. The van der Waals surface area contributed by atoms with Gasteiger partial charge in [-0.25, -0.2) is 4.79 Å². The molecule has 6 heteroatoms. The quantitative estimate of drug-likeness (QED) is 0.299. The van der Waals surface area contributed by atoms with Crippen LogP contribution >= 0.6 is 0 Å². The molecule has 0 aliphatic carbocycles. The Bertz CT molecular complexity index is 897. The van der Waals surface area contributed by atoms with Crippen LogP contribution < -0.4 is 15.0 Å². The topological polar surface area (TPSA) is 67.9 Å². The number of urea groups is 1. The van der Waals surface area contributed by atoms with Crippen molar-refractivity contribution in [2.24, 2.45) is 0 Å². The van der Waals surface area contributed by atoms with Crippen molar-refractivity contribution in [1.82, 2.24) is 5.32 Å². The average molecular weight is 455 g/mol. The van der Waals surface area contributed by atoms with Gasteiger partial charge in [0.25, 0.3) is 0 Å². The number of anilines is 1. The van der Waals surface area contributed by atoms with Gasteiger partial charge in [0.05, 0.1) is 13.7 Å². The van der Waals surface area contributed by atoms with E-state index in [0.29, 0.717) is 26.0 Å². The van der Waals surface area contributed by atoms with E-state index in [1.165, 1.54) is 26.4 Å². The number of carbonyl (C=O) groups excluding carboxylic acids is 2. The highest BCUT2D eigenvalue weighted by atomic mass is 16.5. The van der Waals surface area contributed by atoms with Crippen molar-refractivity contribution < 1.29 is 19.1 Å². The van der Waals surface area contributed by atoms with Crippen LogP contribution in [0.3, 0.4) is 0 Å². The normalized spacial score (nSPS) is 10.5. The molecule has 0 saturated heterocycles. The molecule has 0 aromatic heterocycles. The summed E-state index contributed by atoms with van der Waals surface area (Å²) in [6.45, 7) is 5.37. The number of rotatable bonds is 13. The number of benzene rings is 2. The number of esters is 1. The van der Waals surface area contributed by atoms with Crippen molar-refractivity contribution in [2.75, 3.05) is 32.2 Å². The molecule has 0 heterocycles. The molecule has 6 nitrogen and oxygen atoms in total. The third kappa shape index (κ3) is 8.44. The summed E-state index contributed by atoms with van der Waals surface area (Å²) >= 11 is 0. The number of nitrogens with zero attached hydrogens (tertiary/aromatic N) is 1. The Labute approximate surface area is 198 Å². The van der Waals surface area contributed by atoms with Gasteiger partial charge in [0.15, 0.2) is 0 Å². The number of amides is 2. The van der Waals surface area contributed by atoms with Crippen LogP contribution in [0.5, 0.6) is 5.75 Å². The second-order valence-electron chi connectivity index (χ2n) is 8.10. The predicted molar refractivity (Wildman–Crippen MR) is 134 cm³/mol. The molecular weight excluding hydrogens is 416 g/mol. The van der Waals surface area contributed by atoms with Gasteiger partial charge < -0.3 is 14.8 Å². The Morgan fingerprint density at radius 2 is 1.79 bits per heavy atom. The third-order valence-electron chi connectivity index (χ3n) is 5.60. The highest BCUT2D eigenvalue weighted by molar-refractivity contribution is 5.92. The average Bonchev–Trinajstić information content (AvgIpc) is 2.84. The predicted octanol–water partition coefficient (Wildman–Crippen LogP) is 5.97. The largest absolute Gasteiger partial charge is 0.493 e. The maximum atomic E-state index is 12.6. The fourth-order valence-corrected chi connectivity index (χ4v) is 3.63. The van der Waals surface area contributed by atoms with E-state index in [9.17, 15) is 9.59 Å². The lowest BCUT2D eigenvalue weighted by Crippen LogP contribution is -2.37. The van der Waals surface area contributed by atoms with Crippen LogP contribution in [0, 0.1) is 0 Å². The van der Waals surface area contributed by atoms with Crippen LogP contribution in [0.4, 0.5) is 10.5 Å². The van der Waals surface area contributed by atoms with E-state index in [1.807, 2.05) is 49.4 Å². The Hall–Kier alpha value is -3.02. The molecule has 2 rings (SSSR count). The lowest BCUT2D eigenvalue weighted by molar-refractivity contribution is -0.140. The van der Waals surface area contributed by atoms with E-state index >= 15 is 0 Å². The van der Waals surface area contributed by atoms with E-state index in [-0.39, 0.29) is 12.0 Å². The summed E-state index contributed by atoms with van der Waals surface area (Å²) in [5.41, 5.74) is 3.74. The maximum Gasteiger partial charge on any atom is 0.321 e. The smallest absolute Gasteiger partial charge is 0.321 e. The van der Waals surface area contributed by atoms with Gasteiger partial charge in [-0.05, 0) is 49.1 Å². The molecule has 0 aliphatic rings. The van der Waals surface area contributed by atoms with Gasteiger partial charge >= 0.3 is 12.0 Å². The van der Waals surface area contributed by atoms with Crippen molar-refractivity contribution in [3.05, 3.63) is 48.0 Å². The summed E-state index contributed by atoms with van der Waals surface area (Å²) in [5.74, 6) is 0.531. The van der Waals surface area contributed by atoms with Crippen molar-refractivity contribution in [3.8, 4) is 16.9 Å². The number of ether oxygens (including phenoxy) is 2. The molecule has 2 aromatic rings. The zero-order valence-electron chi connectivity index (χ0n) is 20.5. The molecule has 0 atom stereocenters. The number of aryl methyl sites for hydroxylation is 1. The van der Waals surface area contributed by atoms with Gasteiger partial charge in [-0.2, -0.15) is 0 Å². The fourth-order valence-electron chi connectivity index (χ4n) is 3.63. The molecule has 0 bridgehead atoms. The SMILES string of the molecule is CCCCCCCNC(=O)N(C)c1cccc(-c2ccc(CCC(=O)OC)cc2OCC)c1. The van der Waals surface area contributed by atoms with Gasteiger partial charge in [0.2, 0.25) is 0 Å². The molecular formula is C27H38N2O4. The van der Waals surface area contributed by atoms with E-state index < -0.39 is 0 Å². The van der Waals surface area contributed by atoms with Crippen LogP contribution in [0.15, 0.2) is 42.5 Å². The standard InChI is InChI=1S/C27H38N2O4/c1-5-7-8-9-10-18-28-27(31)29(3)23-13-11-12-22(20-23)24-16-14-21(15-17-26(30)32-4)19-25(24)33-6-2/h11-14,16,19-20H,5-10,15,17-18H2,1-4H3,(H,28,31). The van der Waals surface area contributed by atoms with Crippen LogP contribution in [0.1, 0.15) is 57.9 Å². The van der Waals surface area contributed by atoms with Crippen molar-refractivity contribution in [2.45, 2.75) is 58.8 Å². The number of methoxy groups -OCH3 is 1. The first-order chi connectivity index (χ1) is 16.0. The minimum absolute atomic E-state index is 0.106. The van der Waals surface area contributed by atoms with Crippen LogP contribution in [0.25, 0.3) is 11.1 Å². The third-order valence-corrected chi connectivity index (χ3v) is 5.60. The van der Waals surface area contributed by atoms with Crippen molar-refractivity contribution >= 4 is 17.7 Å². The van der Waals surface area contributed by atoms with Crippen molar-refractivity contribution in [3.63, 3.8) is 0 Å². The fraction of sp³-hybridized carbons (Fsp3) is 0.481. The molecule has 0 fully saturated rings. The lowest BCUT2D eigenvalue weighted by atomic mass is 10.00. The molecule has 2 aromatic carbocycles. The minimum atomic E-state index is -0.230. The monoisotopic (exact) mass is 454 g/mol. The zero-order chi connectivity index (χ0) is 24.1. The second-order valence-corrected chi connectivity index (χ2v) is 8.10. The number of hydrogen-bond acceptors (Lipinski definition) is 4. The summed E-state index contributed by atoms with van der Waals surface area (Å²) in [6, 6.07) is 13.8. The summed E-state index contributed by atoms with van der Waals surface area (Å²) in [6.07, 6.45) is 6.74. The van der Waals surface area contributed by atoms with E-state index in [4.69, 9.17) is 9.47 Å². The van der Waals surface area contributed by atoms with Gasteiger partial charge in [-0.3, -0.25) is 9.69 Å². The molecule has 0 saturated carbocycles. The molecule has 1 N–H and O–H groups in total. The molecule has 0 aliphatic heterocycles. The summed E-state index contributed by atoms with van der Waals surface area (Å²) < 4.78 is 10.6. The van der Waals surface area contributed by atoms with E-state index in [2.05, 4.69) is 12.2 Å². The summed E-state index contributed by atoms with van der Waals surface area (Å²) in [7, 11) is 3.18. The second kappa shape index (κ2) is 14.2. The van der Waals surface area contributed by atoms with E-state index in [1.54, 1.807) is 11.9 Å². The molecule has 0 unspecified atom stereocenters. The van der Waals surface area contributed by atoms with Crippen LogP contribution in [0.2, 0.25) is 0 Å². The minimum Gasteiger partial charge on any atom is -0.493 e. The maximum absolute atomic E-state index is 12.6. The Balaban J connectivity index is 2.10. The Kier molecular flexibility index (Phi) is 11.3. The summed E-state index contributed by atoms with van der Waals surface area (Å²) in [4.78, 5) is 25.7. The molecule has 0 spiro atoms. The number of nitrogens with one attached hydrogen (secondary N) is 1. The highest BCUT2D eigenvalue weighted by Gasteiger charge is 2.14. The van der Waals surface area contributed by atoms with Gasteiger partial charge in [-0.1, -0.05) is 56.9 Å². The number of carbonyl (C=O) groups is 2. The van der Waals surface area contributed by atoms with Gasteiger partial charge in [-0.15, -0.1) is 0 Å². The van der Waals surface area contributed by atoms with Crippen LogP contribution in [-0.4, -0.2) is 39.3 Å². The molecule has 180 valence electrons. The van der Waals surface area contributed by atoms with Gasteiger partial charge in [0.1, 0.15) is 5.75 Å². The van der Waals surface area contributed by atoms with E-state index in [0.717, 1.165) is 41.0 Å². The molecule has 2 amide bonds. The first-order valence-electron chi connectivity index (χ1n) is 11.9. The van der Waals surface area contributed by atoms with Crippen LogP contribution in [-0.2, 0) is 16.0 Å². The molecule has 33 heavy (non-hydrogen) atoms. The zero-order valence-corrected chi connectivity index (χ0v) is 20.5. The first-order valence-corrected chi connectivity index (χ1v) is 11.9. The Morgan fingerprint density at radius 3 is 2.52 bits per heavy atom. The summed E-state index contributed by atoms with van der Waals surface area (Å²) in [5, 5.41) is 3.01. The highest BCUT2D eigenvalue weighted by Crippen LogP contribution is 2.33. The Morgan fingerprint density at radius 1 is 1.00 bits per heavy atom. The lowest BCUT2D eigenvalue weighted by Gasteiger charge is -2.20. The first kappa shape index (κ1) is 26.2. The number of unbranched alkanes of at least 4 members (excludes halogenated alkanes) is 4. The van der Waals surface area contributed by atoms with Crippen molar-refractivity contribution in [1.29, 1.82) is 0 Å². The van der Waals surface area contributed by atoms with Gasteiger partial charge in [0, 0.05) is 31.3 Å².